The molecule has 21 heavy (non-hydrogen) atoms. The van der Waals surface area contributed by atoms with E-state index in [2.05, 4.69) is 15.0 Å². The van der Waals surface area contributed by atoms with Crippen molar-refractivity contribution >= 4 is 10.9 Å². The molecule has 0 radical (unpaired) electrons. The molecule has 106 valence electrons. The predicted octanol–water partition coefficient (Wildman–Crippen LogP) is 3.00. The van der Waals surface area contributed by atoms with Crippen LogP contribution in [0, 0.1) is 0 Å². The highest BCUT2D eigenvalue weighted by Crippen LogP contribution is 2.30. The zero-order chi connectivity index (χ0) is 15.0. The van der Waals surface area contributed by atoms with Crippen molar-refractivity contribution in [3.8, 4) is 11.3 Å². The molecule has 2 aromatic heterocycles. The van der Waals surface area contributed by atoms with Gasteiger partial charge in [-0.1, -0.05) is 12.1 Å². The van der Waals surface area contributed by atoms with E-state index in [1.165, 1.54) is 30.7 Å². The number of nitrogens with zero attached hydrogens (tertiary/aromatic N) is 2. The van der Waals surface area contributed by atoms with Gasteiger partial charge >= 0.3 is 6.18 Å². The van der Waals surface area contributed by atoms with E-state index in [-0.39, 0.29) is 5.56 Å². The molecule has 2 heterocycles. The average Bonchev–Trinajstić information content (AvgIpc) is 2.47. The van der Waals surface area contributed by atoms with Gasteiger partial charge in [0.05, 0.1) is 34.7 Å². The molecule has 0 aliphatic heterocycles. The summed E-state index contributed by atoms with van der Waals surface area (Å²) >= 11 is 0. The number of hydrogen-bond donors (Lipinski definition) is 1. The maximum atomic E-state index is 12.5. The molecular weight excluding hydrogens is 283 g/mol. The fraction of sp³-hybridized carbons (Fsp3) is 0.0714. The molecule has 0 unspecified atom stereocenters. The topological polar surface area (TPSA) is 58.6 Å². The fourth-order valence-electron chi connectivity index (χ4n) is 1.96. The largest absolute Gasteiger partial charge is 0.416 e. The molecule has 0 fully saturated rings. The number of nitrogens with one attached hydrogen (secondary N) is 1. The van der Waals surface area contributed by atoms with Gasteiger partial charge in [-0.05, 0) is 18.2 Å². The van der Waals surface area contributed by atoms with Gasteiger partial charge in [-0.3, -0.25) is 9.78 Å². The van der Waals surface area contributed by atoms with Crippen LogP contribution >= 0.6 is 0 Å². The number of fused-ring (bicyclic) bond motifs is 1. The lowest BCUT2D eigenvalue weighted by Crippen LogP contribution is -2.07. The minimum atomic E-state index is -4.38. The average molecular weight is 291 g/mol. The number of hydrogen-bond acceptors (Lipinski definition) is 3. The first-order valence-electron chi connectivity index (χ1n) is 5.96. The lowest BCUT2D eigenvalue weighted by Gasteiger charge is -2.07. The molecule has 0 saturated heterocycles. The van der Waals surface area contributed by atoms with E-state index in [0.717, 1.165) is 12.1 Å². The summed E-state index contributed by atoms with van der Waals surface area (Å²) in [5.41, 5.74) is 0.277. The Morgan fingerprint density at radius 2 is 1.76 bits per heavy atom. The Hall–Kier alpha value is -2.70. The van der Waals surface area contributed by atoms with Crippen molar-refractivity contribution in [1.29, 1.82) is 0 Å². The third kappa shape index (κ3) is 2.49. The van der Waals surface area contributed by atoms with Gasteiger partial charge in [0, 0.05) is 5.56 Å². The maximum Gasteiger partial charge on any atom is 0.416 e. The van der Waals surface area contributed by atoms with E-state index < -0.39 is 11.7 Å². The molecule has 1 N–H and O–H groups in total. The van der Waals surface area contributed by atoms with Crippen molar-refractivity contribution in [2.75, 3.05) is 0 Å². The number of pyridine rings is 1. The standard InChI is InChI=1S/C14H8F3N3O/c15-14(16,17)9-3-1-8(2-4-9)11-5-10-12(6-18-11)19-7-20-13(10)21/h1-7H,(H,19,20,21). The van der Waals surface area contributed by atoms with Crippen LogP contribution < -0.4 is 5.56 Å². The quantitative estimate of drug-likeness (QED) is 0.749. The zero-order valence-electron chi connectivity index (χ0n) is 10.5. The van der Waals surface area contributed by atoms with Crippen molar-refractivity contribution in [1.82, 2.24) is 15.0 Å². The molecule has 0 spiro atoms. The van der Waals surface area contributed by atoms with Crippen LogP contribution in [0.15, 0.2) is 47.7 Å². The van der Waals surface area contributed by atoms with E-state index in [0.29, 0.717) is 22.2 Å². The Morgan fingerprint density at radius 1 is 1.05 bits per heavy atom. The Balaban J connectivity index is 2.08. The molecule has 0 bridgehead atoms. The van der Waals surface area contributed by atoms with Gasteiger partial charge in [0.1, 0.15) is 0 Å². The minimum absolute atomic E-state index is 0.324. The molecule has 0 aliphatic carbocycles. The second-order valence-electron chi connectivity index (χ2n) is 4.39. The molecule has 7 heteroatoms. The summed E-state index contributed by atoms with van der Waals surface area (Å²) in [7, 11) is 0. The summed E-state index contributed by atoms with van der Waals surface area (Å²) in [5, 5.41) is 0.336. The first-order valence-corrected chi connectivity index (χ1v) is 5.96. The van der Waals surface area contributed by atoms with E-state index in [9.17, 15) is 18.0 Å². The second-order valence-corrected chi connectivity index (χ2v) is 4.39. The van der Waals surface area contributed by atoms with Crippen LogP contribution in [0.5, 0.6) is 0 Å². The van der Waals surface area contributed by atoms with Crippen LogP contribution in [0.1, 0.15) is 5.56 Å². The molecule has 0 amide bonds. The number of aromatic amines is 1. The Labute approximate surface area is 116 Å². The van der Waals surface area contributed by atoms with Gasteiger partial charge in [0.25, 0.3) is 5.56 Å². The highest BCUT2D eigenvalue weighted by Gasteiger charge is 2.30. The normalized spacial score (nSPS) is 11.8. The number of aromatic nitrogens is 3. The van der Waals surface area contributed by atoms with Crippen molar-refractivity contribution in [3.05, 3.63) is 58.8 Å². The van der Waals surface area contributed by atoms with Crippen molar-refractivity contribution in [2.45, 2.75) is 6.18 Å². The van der Waals surface area contributed by atoms with Gasteiger partial charge < -0.3 is 4.98 Å². The van der Waals surface area contributed by atoms with Crippen LogP contribution in [0.25, 0.3) is 22.2 Å². The third-order valence-electron chi connectivity index (χ3n) is 3.03. The van der Waals surface area contributed by atoms with Crippen LogP contribution in [0.2, 0.25) is 0 Å². The molecule has 4 nitrogen and oxygen atoms in total. The van der Waals surface area contributed by atoms with Crippen molar-refractivity contribution < 1.29 is 13.2 Å². The molecule has 0 atom stereocenters. The Morgan fingerprint density at radius 3 is 2.43 bits per heavy atom. The molecule has 0 aliphatic rings. The Bertz CT molecular complexity index is 854. The summed E-state index contributed by atoms with van der Waals surface area (Å²) in [6.45, 7) is 0. The van der Waals surface area contributed by atoms with Crippen LogP contribution in [0.4, 0.5) is 13.2 Å². The fourth-order valence-corrected chi connectivity index (χ4v) is 1.96. The molecule has 3 aromatic rings. The molecule has 1 aromatic carbocycles. The van der Waals surface area contributed by atoms with Crippen LogP contribution in [-0.4, -0.2) is 15.0 Å². The van der Waals surface area contributed by atoms with E-state index in [1.807, 2.05) is 0 Å². The highest BCUT2D eigenvalue weighted by atomic mass is 19.4. The summed E-state index contributed by atoms with van der Waals surface area (Å²) < 4.78 is 37.5. The Kier molecular flexibility index (Phi) is 2.97. The first kappa shape index (κ1) is 13.3. The number of benzene rings is 1. The van der Waals surface area contributed by atoms with Gasteiger partial charge in [-0.2, -0.15) is 13.2 Å². The van der Waals surface area contributed by atoms with Crippen molar-refractivity contribution in [2.24, 2.45) is 0 Å². The smallest absolute Gasteiger partial charge is 0.313 e. The highest BCUT2D eigenvalue weighted by molar-refractivity contribution is 5.80. The minimum Gasteiger partial charge on any atom is -0.313 e. The first-order chi connectivity index (χ1) is 9.95. The van der Waals surface area contributed by atoms with Crippen molar-refractivity contribution in [3.63, 3.8) is 0 Å². The van der Waals surface area contributed by atoms with Gasteiger partial charge in [0.2, 0.25) is 0 Å². The summed E-state index contributed by atoms with van der Waals surface area (Å²) in [5.74, 6) is 0. The number of H-pyrrole nitrogens is 1. The van der Waals surface area contributed by atoms with Gasteiger partial charge in [-0.15, -0.1) is 0 Å². The number of alkyl halides is 3. The second kappa shape index (κ2) is 4.69. The third-order valence-corrected chi connectivity index (χ3v) is 3.03. The monoisotopic (exact) mass is 291 g/mol. The van der Waals surface area contributed by atoms with Gasteiger partial charge in [0.15, 0.2) is 0 Å². The molecule has 3 rings (SSSR count). The lowest BCUT2D eigenvalue weighted by molar-refractivity contribution is -0.137. The van der Waals surface area contributed by atoms with Gasteiger partial charge in [-0.25, -0.2) is 4.98 Å². The lowest BCUT2D eigenvalue weighted by atomic mass is 10.1. The summed E-state index contributed by atoms with van der Waals surface area (Å²) in [6, 6.07) is 6.11. The van der Waals surface area contributed by atoms with Crippen LogP contribution in [-0.2, 0) is 6.18 Å². The molecule has 0 saturated carbocycles. The molecular formula is C14H8F3N3O. The summed E-state index contributed by atoms with van der Waals surface area (Å²) in [4.78, 5) is 22.2. The zero-order valence-corrected chi connectivity index (χ0v) is 10.5. The van der Waals surface area contributed by atoms with E-state index in [4.69, 9.17) is 0 Å². The van der Waals surface area contributed by atoms with E-state index in [1.54, 1.807) is 0 Å². The number of rotatable bonds is 1. The van der Waals surface area contributed by atoms with E-state index >= 15 is 0 Å². The number of halogens is 3. The van der Waals surface area contributed by atoms with Crippen LogP contribution in [0.3, 0.4) is 0 Å². The SMILES string of the molecule is O=c1[nH]cnc2cnc(-c3ccc(C(F)(F)F)cc3)cc12. The predicted molar refractivity (Wildman–Crippen MR) is 70.6 cm³/mol. The summed E-state index contributed by atoms with van der Waals surface area (Å²) in [6.07, 6.45) is -1.70. The maximum absolute atomic E-state index is 12.5.